The summed E-state index contributed by atoms with van der Waals surface area (Å²) in [5.41, 5.74) is 1.81. The molecule has 1 N–H and O–H groups in total. The zero-order valence-electron chi connectivity index (χ0n) is 13.4. The van der Waals surface area contributed by atoms with Crippen molar-refractivity contribution in [1.29, 1.82) is 0 Å². The van der Waals surface area contributed by atoms with E-state index in [0.29, 0.717) is 6.54 Å². The van der Waals surface area contributed by atoms with E-state index >= 15 is 0 Å². The van der Waals surface area contributed by atoms with Crippen LogP contribution in [0.3, 0.4) is 0 Å². The first kappa shape index (κ1) is 16.2. The summed E-state index contributed by atoms with van der Waals surface area (Å²) in [5, 5.41) is 2.85. The fourth-order valence-corrected chi connectivity index (χ4v) is 2.68. The molecule has 3 rings (SSSR count). The maximum Gasteiger partial charge on any atom is 0.244 e. The summed E-state index contributed by atoms with van der Waals surface area (Å²) >= 11 is 0. The van der Waals surface area contributed by atoms with Gasteiger partial charge in [-0.1, -0.05) is 12.1 Å². The van der Waals surface area contributed by atoms with Crippen LogP contribution in [0, 0.1) is 5.82 Å². The fourth-order valence-electron chi connectivity index (χ4n) is 2.68. The second-order valence-electron chi connectivity index (χ2n) is 5.82. The van der Waals surface area contributed by atoms with Gasteiger partial charge in [0.15, 0.2) is 0 Å². The van der Waals surface area contributed by atoms with Crippen molar-refractivity contribution in [3.63, 3.8) is 0 Å². The number of anilines is 1. The van der Waals surface area contributed by atoms with Gasteiger partial charge in [-0.25, -0.2) is 9.37 Å². The van der Waals surface area contributed by atoms with Crippen LogP contribution in [0.4, 0.5) is 10.2 Å². The smallest absolute Gasteiger partial charge is 0.244 e. The van der Waals surface area contributed by atoms with E-state index in [1.54, 1.807) is 24.4 Å². The van der Waals surface area contributed by atoms with E-state index in [9.17, 15) is 9.18 Å². The van der Waals surface area contributed by atoms with Gasteiger partial charge in [0, 0.05) is 31.9 Å². The van der Waals surface area contributed by atoms with Crippen molar-refractivity contribution in [3.05, 3.63) is 65.6 Å². The number of carbonyl (C=O) groups excluding carboxylic acids is 1. The molecule has 0 radical (unpaired) electrons. The molecular weight excluding hydrogens is 305 g/mol. The molecule has 24 heavy (non-hydrogen) atoms. The Kier molecular flexibility index (Phi) is 5.21. The molecule has 1 aliphatic heterocycles. The zero-order valence-corrected chi connectivity index (χ0v) is 13.4. The molecule has 0 saturated carbocycles. The average molecular weight is 325 g/mol. The van der Waals surface area contributed by atoms with Crippen molar-refractivity contribution in [2.45, 2.75) is 19.4 Å². The summed E-state index contributed by atoms with van der Waals surface area (Å²) in [6.45, 7) is 2.54. The monoisotopic (exact) mass is 325 g/mol. The highest BCUT2D eigenvalue weighted by atomic mass is 19.1. The van der Waals surface area contributed by atoms with Crippen molar-refractivity contribution < 1.29 is 9.18 Å². The summed E-state index contributed by atoms with van der Waals surface area (Å²) in [6, 6.07) is 9.93. The summed E-state index contributed by atoms with van der Waals surface area (Å²) in [7, 11) is 0. The van der Waals surface area contributed by atoms with Gasteiger partial charge in [0.25, 0.3) is 0 Å². The van der Waals surface area contributed by atoms with Crippen LogP contribution in [0.2, 0.25) is 0 Å². The van der Waals surface area contributed by atoms with Crippen LogP contribution in [-0.4, -0.2) is 24.0 Å². The third-order valence-electron chi connectivity index (χ3n) is 4.00. The molecule has 0 atom stereocenters. The Morgan fingerprint density at radius 3 is 2.71 bits per heavy atom. The topological polar surface area (TPSA) is 45.2 Å². The molecule has 1 fully saturated rings. The quantitative estimate of drug-likeness (QED) is 0.859. The van der Waals surface area contributed by atoms with Crippen LogP contribution in [0.25, 0.3) is 6.08 Å². The summed E-state index contributed by atoms with van der Waals surface area (Å²) in [6.07, 6.45) is 7.31. The Bertz CT molecular complexity index is 722. The fraction of sp³-hybridized carbons (Fsp3) is 0.263. The number of pyridine rings is 1. The molecule has 0 bridgehead atoms. The molecule has 2 aromatic rings. The van der Waals surface area contributed by atoms with Gasteiger partial charge in [-0.05, 0) is 54.3 Å². The van der Waals surface area contributed by atoms with Crippen LogP contribution in [0.1, 0.15) is 24.0 Å². The van der Waals surface area contributed by atoms with E-state index in [0.717, 1.165) is 30.0 Å². The molecule has 1 aromatic heterocycles. The van der Waals surface area contributed by atoms with Crippen molar-refractivity contribution in [2.24, 2.45) is 0 Å². The normalized spacial score (nSPS) is 14.3. The van der Waals surface area contributed by atoms with Crippen molar-refractivity contribution in [3.8, 4) is 0 Å². The summed E-state index contributed by atoms with van der Waals surface area (Å²) in [4.78, 5) is 18.6. The number of rotatable bonds is 5. The number of nitrogens with one attached hydrogen (secondary N) is 1. The molecule has 0 spiro atoms. The van der Waals surface area contributed by atoms with E-state index in [-0.39, 0.29) is 11.7 Å². The van der Waals surface area contributed by atoms with Crippen LogP contribution in [-0.2, 0) is 11.3 Å². The standard InChI is InChI=1S/C19H20FN3O/c20-17-6-3-15(4-7-17)5-8-19(24)22-14-16-9-10-21-18(13-16)23-11-1-2-12-23/h3-10,13H,1-2,11-12,14H2,(H,22,24)/b8-5+. The zero-order chi connectivity index (χ0) is 16.8. The maximum absolute atomic E-state index is 12.8. The van der Waals surface area contributed by atoms with Crippen LogP contribution in [0.15, 0.2) is 48.7 Å². The SMILES string of the molecule is O=C(/C=C/c1ccc(F)cc1)NCc1ccnc(N2CCCC2)c1. The highest BCUT2D eigenvalue weighted by Gasteiger charge is 2.13. The number of aromatic nitrogens is 1. The molecule has 1 saturated heterocycles. The lowest BCUT2D eigenvalue weighted by atomic mass is 10.2. The van der Waals surface area contributed by atoms with Crippen molar-refractivity contribution in [1.82, 2.24) is 10.3 Å². The Morgan fingerprint density at radius 1 is 1.21 bits per heavy atom. The van der Waals surface area contributed by atoms with E-state index in [2.05, 4.69) is 15.2 Å². The number of hydrogen-bond acceptors (Lipinski definition) is 3. The first-order chi connectivity index (χ1) is 11.7. The third-order valence-corrected chi connectivity index (χ3v) is 4.00. The Labute approximate surface area is 141 Å². The largest absolute Gasteiger partial charge is 0.357 e. The number of nitrogens with zero attached hydrogens (tertiary/aromatic N) is 2. The predicted octanol–water partition coefficient (Wildman–Crippen LogP) is 3.15. The first-order valence-electron chi connectivity index (χ1n) is 8.12. The number of hydrogen-bond donors (Lipinski definition) is 1. The molecule has 0 aliphatic carbocycles. The van der Waals surface area contributed by atoms with Crippen molar-refractivity contribution in [2.75, 3.05) is 18.0 Å². The minimum atomic E-state index is -0.289. The lowest BCUT2D eigenvalue weighted by Gasteiger charge is -2.16. The summed E-state index contributed by atoms with van der Waals surface area (Å²) < 4.78 is 12.8. The van der Waals surface area contributed by atoms with Crippen LogP contribution < -0.4 is 10.2 Å². The highest BCUT2D eigenvalue weighted by molar-refractivity contribution is 5.91. The molecule has 124 valence electrons. The van der Waals surface area contributed by atoms with Gasteiger partial charge in [0.1, 0.15) is 11.6 Å². The van der Waals surface area contributed by atoms with Gasteiger partial charge in [-0.3, -0.25) is 4.79 Å². The lowest BCUT2D eigenvalue weighted by Crippen LogP contribution is -2.22. The van der Waals surface area contributed by atoms with Crippen LogP contribution >= 0.6 is 0 Å². The second-order valence-corrected chi connectivity index (χ2v) is 5.82. The highest BCUT2D eigenvalue weighted by Crippen LogP contribution is 2.18. The first-order valence-corrected chi connectivity index (χ1v) is 8.12. The lowest BCUT2D eigenvalue weighted by molar-refractivity contribution is -0.116. The Morgan fingerprint density at radius 2 is 1.96 bits per heavy atom. The Balaban J connectivity index is 1.54. The van der Waals surface area contributed by atoms with Gasteiger partial charge in [-0.15, -0.1) is 0 Å². The third kappa shape index (κ3) is 4.41. The van der Waals surface area contributed by atoms with Gasteiger partial charge in [0.2, 0.25) is 5.91 Å². The molecular formula is C19H20FN3O. The minimum absolute atomic E-state index is 0.182. The van der Waals surface area contributed by atoms with Crippen LogP contribution in [0.5, 0.6) is 0 Å². The van der Waals surface area contributed by atoms with Gasteiger partial charge < -0.3 is 10.2 Å². The molecule has 5 heteroatoms. The second kappa shape index (κ2) is 7.73. The number of halogens is 1. The molecule has 1 aliphatic rings. The summed E-state index contributed by atoms with van der Waals surface area (Å²) in [5.74, 6) is 0.503. The molecule has 4 nitrogen and oxygen atoms in total. The molecule has 1 amide bonds. The number of carbonyl (C=O) groups is 1. The van der Waals surface area contributed by atoms with E-state index in [4.69, 9.17) is 0 Å². The van der Waals surface area contributed by atoms with Gasteiger partial charge in [0.05, 0.1) is 0 Å². The van der Waals surface area contributed by atoms with E-state index in [1.807, 2.05) is 12.1 Å². The predicted molar refractivity (Wildman–Crippen MR) is 93.0 cm³/mol. The number of benzene rings is 1. The van der Waals surface area contributed by atoms with Gasteiger partial charge in [-0.2, -0.15) is 0 Å². The molecule has 0 unspecified atom stereocenters. The maximum atomic E-state index is 12.8. The Hall–Kier alpha value is -2.69. The number of amides is 1. The minimum Gasteiger partial charge on any atom is -0.357 e. The van der Waals surface area contributed by atoms with E-state index in [1.165, 1.54) is 31.1 Å². The molecule has 2 heterocycles. The van der Waals surface area contributed by atoms with Gasteiger partial charge >= 0.3 is 0 Å². The average Bonchev–Trinajstić information content (AvgIpc) is 3.14. The molecule has 1 aromatic carbocycles. The van der Waals surface area contributed by atoms with Crippen molar-refractivity contribution >= 4 is 17.8 Å². The van der Waals surface area contributed by atoms with E-state index < -0.39 is 0 Å².